The first-order valence-electron chi connectivity index (χ1n) is 15.9. The first-order chi connectivity index (χ1) is 23.2. The van der Waals surface area contributed by atoms with E-state index in [0.717, 1.165) is 16.7 Å². The Morgan fingerprint density at radius 2 is 1.18 bits per heavy atom. The zero-order valence-corrected chi connectivity index (χ0v) is 28.6. The molecule has 4 unspecified atom stereocenters. The highest BCUT2D eigenvalue weighted by molar-refractivity contribution is 5.94. The van der Waals surface area contributed by atoms with E-state index < -0.39 is 54.0 Å². The van der Waals surface area contributed by atoms with Gasteiger partial charge in [0.2, 0.25) is 17.7 Å². The Balaban J connectivity index is 0.00000833. The van der Waals surface area contributed by atoms with Gasteiger partial charge in [-0.15, -0.1) is 12.4 Å². The van der Waals surface area contributed by atoms with Crippen LogP contribution in [0.15, 0.2) is 91.0 Å². The number of hydrogen-bond acceptors (Lipinski definition) is 8. The molecule has 4 amide bonds. The van der Waals surface area contributed by atoms with Crippen LogP contribution in [0.1, 0.15) is 42.9 Å². The van der Waals surface area contributed by atoms with E-state index >= 15 is 0 Å². The standard InChI is InChI=1S/C36H45N5O7.ClH/c1-25(39-33(43)29(37)20-12-13-21-38-36(46)48-24-28-18-10-5-11-19-28)32(42)40-30(22-26-14-6-3-7-15-26)34(44)41-31(35(45)47-2)23-27-16-8-4-9-17-27;/h3-11,14-19,25,29-31H,12-13,20-24,37H2,1-2H3,(H,38,46)(H,39,43)(H,40,42)(H,41,44);1H. The van der Waals surface area contributed by atoms with Gasteiger partial charge < -0.3 is 36.5 Å². The molecule has 3 rings (SSSR count). The van der Waals surface area contributed by atoms with Gasteiger partial charge in [-0.1, -0.05) is 91.0 Å². The number of carbonyl (C=O) groups excluding carboxylic acids is 5. The highest BCUT2D eigenvalue weighted by Gasteiger charge is 2.29. The third-order valence-corrected chi connectivity index (χ3v) is 7.51. The molecule has 0 heterocycles. The van der Waals surface area contributed by atoms with Crippen molar-refractivity contribution in [2.45, 2.75) is 69.8 Å². The van der Waals surface area contributed by atoms with Crippen molar-refractivity contribution >= 4 is 42.2 Å². The van der Waals surface area contributed by atoms with Crippen molar-refractivity contribution < 1.29 is 33.4 Å². The number of esters is 1. The Morgan fingerprint density at radius 3 is 1.73 bits per heavy atom. The van der Waals surface area contributed by atoms with Gasteiger partial charge in [0.05, 0.1) is 13.2 Å². The number of unbranched alkanes of at least 4 members (excludes halogenated alkanes) is 1. The summed E-state index contributed by atoms with van der Waals surface area (Å²) < 4.78 is 10.1. The molecule has 0 fully saturated rings. The summed E-state index contributed by atoms with van der Waals surface area (Å²) in [6, 6.07) is 23.7. The Labute approximate surface area is 293 Å². The predicted molar refractivity (Wildman–Crippen MR) is 187 cm³/mol. The molecule has 0 aliphatic carbocycles. The molecular formula is C36H46ClN5O7. The van der Waals surface area contributed by atoms with Gasteiger partial charge in [-0.05, 0) is 42.9 Å². The molecule has 3 aromatic carbocycles. The van der Waals surface area contributed by atoms with Gasteiger partial charge in [-0.2, -0.15) is 0 Å². The van der Waals surface area contributed by atoms with Crippen molar-refractivity contribution in [1.82, 2.24) is 21.3 Å². The van der Waals surface area contributed by atoms with Crippen molar-refractivity contribution in [2.75, 3.05) is 13.7 Å². The van der Waals surface area contributed by atoms with Gasteiger partial charge >= 0.3 is 12.1 Å². The van der Waals surface area contributed by atoms with Crippen LogP contribution < -0.4 is 27.0 Å². The Bertz CT molecular complexity index is 1460. The smallest absolute Gasteiger partial charge is 0.407 e. The van der Waals surface area contributed by atoms with Crippen LogP contribution in [0.2, 0.25) is 0 Å². The van der Waals surface area contributed by atoms with Crippen LogP contribution in [-0.2, 0) is 48.1 Å². The number of halogens is 1. The summed E-state index contributed by atoms with van der Waals surface area (Å²) in [4.78, 5) is 63.9. The molecule has 0 bridgehead atoms. The van der Waals surface area contributed by atoms with Crippen LogP contribution in [0, 0.1) is 0 Å². The molecule has 0 aliphatic heterocycles. The Hall–Kier alpha value is -4.94. The first-order valence-corrected chi connectivity index (χ1v) is 15.9. The fourth-order valence-corrected chi connectivity index (χ4v) is 4.78. The van der Waals surface area contributed by atoms with E-state index in [1.807, 2.05) is 91.0 Å². The van der Waals surface area contributed by atoms with Gasteiger partial charge in [0.15, 0.2) is 0 Å². The van der Waals surface area contributed by atoms with E-state index in [1.165, 1.54) is 14.0 Å². The number of methoxy groups -OCH3 is 1. The van der Waals surface area contributed by atoms with Crippen LogP contribution in [0.3, 0.4) is 0 Å². The van der Waals surface area contributed by atoms with Crippen LogP contribution in [-0.4, -0.2) is 67.6 Å². The molecule has 0 saturated heterocycles. The molecular weight excluding hydrogens is 650 g/mol. The largest absolute Gasteiger partial charge is 0.467 e. The van der Waals surface area contributed by atoms with Gasteiger partial charge in [0.25, 0.3) is 0 Å². The van der Waals surface area contributed by atoms with Crippen molar-refractivity contribution in [1.29, 1.82) is 0 Å². The van der Waals surface area contributed by atoms with Gasteiger partial charge in [0.1, 0.15) is 24.7 Å². The number of nitrogens with one attached hydrogen (secondary N) is 4. The second kappa shape index (κ2) is 21.8. The lowest BCUT2D eigenvalue weighted by molar-refractivity contribution is -0.145. The van der Waals surface area contributed by atoms with Crippen molar-refractivity contribution in [3.8, 4) is 0 Å². The molecule has 0 radical (unpaired) electrons. The normalized spacial score (nSPS) is 12.9. The minimum atomic E-state index is -1.05. The van der Waals surface area contributed by atoms with E-state index in [2.05, 4.69) is 21.3 Å². The summed E-state index contributed by atoms with van der Waals surface area (Å²) in [5.41, 5.74) is 8.56. The maximum atomic E-state index is 13.5. The summed E-state index contributed by atoms with van der Waals surface area (Å²) in [5, 5.41) is 10.7. The molecule has 3 aromatic rings. The molecule has 0 saturated carbocycles. The summed E-state index contributed by atoms with van der Waals surface area (Å²) in [7, 11) is 1.24. The van der Waals surface area contributed by atoms with E-state index in [0.29, 0.717) is 25.8 Å². The second-order valence-corrected chi connectivity index (χ2v) is 11.3. The molecule has 0 aromatic heterocycles. The molecule has 0 aliphatic rings. The van der Waals surface area contributed by atoms with Crippen LogP contribution in [0.25, 0.3) is 0 Å². The molecule has 12 nitrogen and oxygen atoms in total. The molecule has 4 atom stereocenters. The van der Waals surface area contributed by atoms with E-state index in [1.54, 1.807) is 0 Å². The van der Waals surface area contributed by atoms with Crippen molar-refractivity contribution in [3.63, 3.8) is 0 Å². The lowest BCUT2D eigenvalue weighted by Crippen LogP contribution is -2.57. The number of ether oxygens (including phenoxy) is 2. The fraction of sp³-hybridized carbons (Fsp3) is 0.361. The predicted octanol–water partition coefficient (Wildman–Crippen LogP) is 2.96. The zero-order chi connectivity index (χ0) is 34.7. The topological polar surface area (TPSA) is 178 Å². The lowest BCUT2D eigenvalue weighted by atomic mass is 10.0. The number of carbonyl (C=O) groups is 5. The summed E-state index contributed by atoms with van der Waals surface area (Å²) in [6.45, 7) is 2.02. The highest BCUT2D eigenvalue weighted by atomic mass is 35.5. The number of amides is 4. The first kappa shape index (κ1) is 40.2. The summed E-state index contributed by atoms with van der Waals surface area (Å²) in [6.07, 6.45) is 1.27. The van der Waals surface area contributed by atoms with E-state index in [-0.39, 0.29) is 31.9 Å². The van der Waals surface area contributed by atoms with Gasteiger partial charge in [-0.25, -0.2) is 9.59 Å². The molecule has 49 heavy (non-hydrogen) atoms. The quantitative estimate of drug-likeness (QED) is 0.0996. The van der Waals surface area contributed by atoms with Crippen LogP contribution >= 0.6 is 12.4 Å². The van der Waals surface area contributed by atoms with Crippen molar-refractivity contribution in [2.24, 2.45) is 5.73 Å². The number of benzene rings is 3. The average molecular weight is 696 g/mol. The number of nitrogens with two attached hydrogens (primary N) is 1. The fourth-order valence-electron chi connectivity index (χ4n) is 4.78. The van der Waals surface area contributed by atoms with Gasteiger partial charge in [0, 0.05) is 19.4 Å². The minimum absolute atomic E-state index is 0. The average Bonchev–Trinajstić information content (AvgIpc) is 3.10. The lowest BCUT2D eigenvalue weighted by Gasteiger charge is -2.24. The third kappa shape index (κ3) is 14.8. The molecule has 6 N–H and O–H groups in total. The third-order valence-electron chi connectivity index (χ3n) is 7.51. The monoisotopic (exact) mass is 695 g/mol. The number of rotatable bonds is 18. The minimum Gasteiger partial charge on any atom is -0.467 e. The van der Waals surface area contributed by atoms with Gasteiger partial charge in [-0.3, -0.25) is 14.4 Å². The number of hydrogen-bond donors (Lipinski definition) is 5. The Kier molecular flexibility index (Phi) is 17.9. The molecule has 0 spiro atoms. The second-order valence-electron chi connectivity index (χ2n) is 11.3. The highest BCUT2D eigenvalue weighted by Crippen LogP contribution is 2.09. The van der Waals surface area contributed by atoms with Crippen molar-refractivity contribution in [3.05, 3.63) is 108 Å². The van der Waals surface area contributed by atoms with Crippen LogP contribution in [0.5, 0.6) is 0 Å². The number of alkyl carbamates (subject to hydrolysis) is 1. The summed E-state index contributed by atoms with van der Waals surface area (Å²) >= 11 is 0. The molecule has 264 valence electrons. The van der Waals surface area contributed by atoms with E-state index in [4.69, 9.17) is 15.2 Å². The molecule has 13 heteroatoms. The maximum absolute atomic E-state index is 13.5. The van der Waals surface area contributed by atoms with E-state index in [9.17, 15) is 24.0 Å². The van der Waals surface area contributed by atoms with Crippen LogP contribution in [0.4, 0.5) is 4.79 Å². The SMILES string of the molecule is COC(=O)C(Cc1ccccc1)NC(=O)C(Cc1ccccc1)NC(=O)C(C)NC(=O)C(N)CCCCNC(=O)OCc1ccccc1.Cl. The summed E-state index contributed by atoms with van der Waals surface area (Å²) in [5.74, 6) is -2.32. The Morgan fingerprint density at radius 1 is 0.673 bits per heavy atom. The zero-order valence-electron chi connectivity index (χ0n) is 27.8. The maximum Gasteiger partial charge on any atom is 0.407 e.